The Balaban J connectivity index is 2.60. The highest BCUT2D eigenvalue weighted by atomic mass is 19.1. The predicted molar refractivity (Wildman–Crippen MR) is 52.1 cm³/mol. The van der Waals surface area contributed by atoms with E-state index in [4.69, 9.17) is 0 Å². The highest BCUT2D eigenvalue weighted by molar-refractivity contribution is 5.72. The monoisotopic (exact) mass is 194 g/mol. The maximum atomic E-state index is 13.0. The molecule has 0 spiro atoms. The molecule has 0 heterocycles. The fourth-order valence-corrected chi connectivity index (χ4v) is 0.976. The average molecular weight is 194 g/mol. The minimum absolute atomic E-state index is 0.158. The lowest BCUT2D eigenvalue weighted by atomic mass is 10.2. The molecule has 1 aromatic rings. The summed E-state index contributed by atoms with van der Waals surface area (Å²) >= 11 is 0. The second kappa shape index (κ2) is 5.17. The van der Waals surface area contributed by atoms with E-state index in [1.807, 2.05) is 0 Å². The van der Waals surface area contributed by atoms with E-state index in [-0.39, 0.29) is 18.2 Å². The second-order valence-electron chi connectivity index (χ2n) is 2.70. The lowest BCUT2D eigenvalue weighted by Gasteiger charge is -1.95. The number of esters is 1. The number of benzene rings is 1. The van der Waals surface area contributed by atoms with Crippen LogP contribution < -0.4 is 0 Å². The Labute approximate surface area is 82.0 Å². The Kier molecular flexibility index (Phi) is 3.85. The zero-order valence-corrected chi connectivity index (χ0v) is 7.87. The summed E-state index contributed by atoms with van der Waals surface area (Å²) in [6, 6.07) is 6.37. The quantitative estimate of drug-likeness (QED) is 0.690. The molecule has 0 N–H and O–H groups in total. The number of ether oxygens (including phenoxy) is 1. The van der Waals surface area contributed by atoms with Gasteiger partial charge in [0.15, 0.2) is 0 Å². The van der Waals surface area contributed by atoms with Crippen LogP contribution in [-0.4, -0.2) is 13.1 Å². The van der Waals surface area contributed by atoms with Crippen LogP contribution in [-0.2, 0) is 9.53 Å². The van der Waals surface area contributed by atoms with E-state index in [0.717, 1.165) is 0 Å². The van der Waals surface area contributed by atoms with Gasteiger partial charge in [-0.2, -0.15) is 0 Å². The molecule has 0 amide bonds. The van der Waals surface area contributed by atoms with Crippen molar-refractivity contribution in [2.75, 3.05) is 7.11 Å². The van der Waals surface area contributed by atoms with Gasteiger partial charge < -0.3 is 4.74 Å². The topological polar surface area (TPSA) is 26.3 Å². The van der Waals surface area contributed by atoms with E-state index in [0.29, 0.717) is 5.56 Å². The number of hydrogen-bond acceptors (Lipinski definition) is 2. The molecular formula is C11H11FO2. The lowest BCUT2D eigenvalue weighted by molar-refractivity contribution is -0.139. The molecule has 3 heteroatoms. The van der Waals surface area contributed by atoms with Crippen molar-refractivity contribution in [1.29, 1.82) is 0 Å². The second-order valence-corrected chi connectivity index (χ2v) is 2.70. The first-order valence-electron chi connectivity index (χ1n) is 4.22. The summed E-state index contributed by atoms with van der Waals surface area (Å²) in [5.41, 5.74) is 0.469. The zero-order chi connectivity index (χ0) is 10.4. The molecular weight excluding hydrogens is 183 g/mol. The van der Waals surface area contributed by atoms with Crippen molar-refractivity contribution in [3.8, 4) is 0 Å². The van der Waals surface area contributed by atoms with Crippen LogP contribution in [0.4, 0.5) is 4.39 Å². The van der Waals surface area contributed by atoms with Crippen molar-refractivity contribution in [3.63, 3.8) is 0 Å². The SMILES string of the molecule is COC(=O)CC=Cc1ccccc1F. The van der Waals surface area contributed by atoms with Crippen LogP contribution >= 0.6 is 0 Å². The van der Waals surface area contributed by atoms with Crippen molar-refractivity contribution in [3.05, 3.63) is 41.7 Å². The standard InChI is InChI=1S/C11H11FO2/c1-14-11(13)8-4-6-9-5-2-3-7-10(9)12/h2-7H,8H2,1H3. The van der Waals surface area contributed by atoms with Gasteiger partial charge in [0.1, 0.15) is 5.82 Å². The molecule has 1 aromatic carbocycles. The number of methoxy groups -OCH3 is 1. The summed E-state index contributed by atoms with van der Waals surface area (Å²) in [5.74, 6) is -0.633. The maximum absolute atomic E-state index is 13.0. The Morgan fingerprint density at radius 3 is 2.86 bits per heavy atom. The normalized spacial score (nSPS) is 10.4. The zero-order valence-electron chi connectivity index (χ0n) is 7.87. The third-order valence-corrected chi connectivity index (χ3v) is 1.71. The van der Waals surface area contributed by atoms with Crippen molar-refractivity contribution in [2.24, 2.45) is 0 Å². The fraction of sp³-hybridized carbons (Fsp3) is 0.182. The smallest absolute Gasteiger partial charge is 0.309 e. The maximum Gasteiger partial charge on any atom is 0.309 e. The Bertz CT molecular complexity index is 345. The largest absolute Gasteiger partial charge is 0.469 e. The van der Waals surface area contributed by atoms with Crippen LogP contribution in [0.15, 0.2) is 30.3 Å². The highest BCUT2D eigenvalue weighted by Crippen LogP contribution is 2.08. The molecule has 0 atom stereocenters. The number of rotatable bonds is 3. The van der Waals surface area contributed by atoms with Crippen LogP contribution in [0.25, 0.3) is 6.08 Å². The summed E-state index contributed by atoms with van der Waals surface area (Å²) < 4.78 is 17.5. The fourth-order valence-electron chi connectivity index (χ4n) is 0.976. The van der Waals surface area contributed by atoms with Gasteiger partial charge in [-0.1, -0.05) is 30.4 Å². The number of hydrogen-bond donors (Lipinski definition) is 0. The van der Waals surface area contributed by atoms with Gasteiger partial charge in [-0.3, -0.25) is 4.79 Å². The molecule has 0 aliphatic rings. The molecule has 2 nitrogen and oxygen atoms in total. The van der Waals surface area contributed by atoms with E-state index < -0.39 is 0 Å². The summed E-state index contributed by atoms with van der Waals surface area (Å²) in [5, 5.41) is 0. The molecule has 0 fully saturated rings. The summed E-state index contributed by atoms with van der Waals surface area (Å²) in [4.78, 5) is 10.7. The van der Waals surface area contributed by atoms with Crippen LogP contribution in [0.2, 0.25) is 0 Å². The van der Waals surface area contributed by atoms with E-state index >= 15 is 0 Å². The van der Waals surface area contributed by atoms with Crippen molar-refractivity contribution >= 4 is 12.0 Å². The van der Waals surface area contributed by atoms with Crippen molar-refractivity contribution in [1.82, 2.24) is 0 Å². The summed E-state index contributed by atoms with van der Waals surface area (Å²) in [6.45, 7) is 0. The summed E-state index contributed by atoms with van der Waals surface area (Å²) in [6.07, 6.45) is 3.29. The summed E-state index contributed by atoms with van der Waals surface area (Å²) in [7, 11) is 1.32. The van der Waals surface area contributed by atoms with Gasteiger partial charge in [-0.15, -0.1) is 0 Å². The molecule has 0 bridgehead atoms. The Hall–Kier alpha value is -1.64. The third-order valence-electron chi connectivity index (χ3n) is 1.71. The molecule has 1 rings (SSSR count). The molecule has 0 radical (unpaired) electrons. The van der Waals surface area contributed by atoms with Crippen molar-refractivity contribution < 1.29 is 13.9 Å². The van der Waals surface area contributed by atoms with E-state index in [1.165, 1.54) is 13.2 Å². The average Bonchev–Trinajstić information content (AvgIpc) is 2.20. The highest BCUT2D eigenvalue weighted by Gasteiger charge is 1.97. The van der Waals surface area contributed by atoms with Crippen LogP contribution in [0.5, 0.6) is 0 Å². The van der Waals surface area contributed by atoms with E-state index in [1.54, 1.807) is 30.4 Å². The Morgan fingerprint density at radius 2 is 2.21 bits per heavy atom. The molecule has 0 unspecified atom stereocenters. The predicted octanol–water partition coefficient (Wildman–Crippen LogP) is 2.40. The first kappa shape index (κ1) is 10.4. The molecule has 0 saturated carbocycles. The van der Waals surface area contributed by atoms with Crippen LogP contribution in [0.3, 0.4) is 0 Å². The molecule has 0 aliphatic heterocycles. The van der Waals surface area contributed by atoms with Gasteiger partial charge in [0.25, 0.3) is 0 Å². The lowest BCUT2D eigenvalue weighted by Crippen LogP contribution is -1.96. The molecule has 74 valence electrons. The number of carbonyl (C=O) groups excluding carboxylic acids is 1. The first-order chi connectivity index (χ1) is 6.74. The van der Waals surface area contributed by atoms with E-state index in [9.17, 15) is 9.18 Å². The van der Waals surface area contributed by atoms with Gasteiger partial charge in [0.05, 0.1) is 13.5 Å². The third kappa shape index (κ3) is 3.01. The number of carbonyl (C=O) groups is 1. The van der Waals surface area contributed by atoms with Gasteiger partial charge in [-0.05, 0) is 6.07 Å². The molecule has 0 aromatic heterocycles. The minimum atomic E-state index is -0.336. The van der Waals surface area contributed by atoms with Gasteiger partial charge in [-0.25, -0.2) is 4.39 Å². The van der Waals surface area contributed by atoms with Gasteiger partial charge in [0, 0.05) is 5.56 Å². The van der Waals surface area contributed by atoms with Crippen LogP contribution in [0, 0.1) is 5.82 Å². The molecule has 14 heavy (non-hydrogen) atoms. The number of halogens is 1. The Morgan fingerprint density at radius 1 is 1.50 bits per heavy atom. The van der Waals surface area contributed by atoms with E-state index in [2.05, 4.69) is 4.74 Å². The van der Waals surface area contributed by atoms with Crippen molar-refractivity contribution in [2.45, 2.75) is 6.42 Å². The van der Waals surface area contributed by atoms with Crippen LogP contribution in [0.1, 0.15) is 12.0 Å². The first-order valence-corrected chi connectivity index (χ1v) is 4.22. The van der Waals surface area contributed by atoms with Gasteiger partial charge >= 0.3 is 5.97 Å². The van der Waals surface area contributed by atoms with Gasteiger partial charge in [0.2, 0.25) is 0 Å². The molecule has 0 aliphatic carbocycles. The molecule has 0 saturated heterocycles. The minimum Gasteiger partial charge on any atom is -0.469 e.